The van der Waals surface area contributed by atoms with E-state index in [2.05, 4.69) is 5.32 Å². The van der Waals surface area contributed by atoms with Gasteiger partial charge in [-0.15, -0.1) is 0 Å². The van der Waals surface area contributed by atoms with Gasteiger partial charge in [-0.2, -0.15) is 0 Å². The van der Waals surface area contributed by atoms with Crippen LogP contribution in [0.2, 0.25) is 0 Å². The zero-order valence-electron chi connectivity index (χ0n) is 7.72. The Morgan fingerprint density at radius 2 is 1.92 bits per heavy atom. The van der Waals surface area contributed by atoms with Gasteiger partial charge in [-0.1, -0.05) is 0 Å². The lowest BCUT2D eigenvalue weighted by Crippen LogP contribution is -2.49. The van der Waals surface area contributed by atoms with Crippen molar-refractivity contribution in [2.45, 2.75) is 32.6 Å². The van der Waals surface area contributed by atoms with Crippen molar-refractivity contribution < 1.29 is 14.3 Å². The molecular weight excluding hydrogens is 158 g/mol. The standard InChI is InChI=1S/C8H15NO3/c1-6(10)9-7-4-11-8(2,3)12-5-7/h7H,4-5H2,1-3H3,(H,9,10). The van der Waals surface area contributed by atoms with E-state index < -0.39 is 5.79 Å². The van der Waals surface area contributed by atoms with Crippen LogP contribution >= 0.6 is 0 Å². The largest absolute Gasteiger partial charge is 0.349 e. The van der Waals surface area contributed by atoms with Crippen molar-refractivity contribution in [2.24, 2.45) is 0 Å². The van der Waals surface area contributed by atoms with Gasteiger partial charge < -0.3 is 14.8 Å². The number of amides is 1. The molecule has 0 aromatic heterocycles. The van der Waals surface area contributed by atoms with E-state index in [1.54, 1.807) is 0 Å². The minimum Gasteiger partial charge on any atom is -0.349 e. The lowest BCUT2D eigenvalue weighted by molar-refractivity contribution is -0.252. The molecule has 0 aromatic rings. The fourth-order valence-electron chi connectivity index (χ4n) is 1.06. The fraction of sp³-hybridized carbons (Fsp3) is 0.875. The molecule has 1 amide bonds. The molecule has 12 heavy (non-hydrogen) atoms. The molecule has 4 heteroatoms. The lowest BCUT2D eigenvalue weighted by Gasteiger charge is -2.34. The van der Waals surface area contributed by atoms with Gasteiger partial charge in [0.25, 0.3) is 0 Å². The summed E-state index contributed by atoms with van der Waals surface area (Å²) in [5, 5.41) is 2.73. The Morgan fingerprint density at radius 1 is 1.42 bits per heavy atom. The van der Waals surface area contributed by atoms with Crippen LogP contribution in [-0.4, -0.2) is 30.9 Å². The average molecular weight is 173 g/mol. The molecule has 0 aliphatic carbocycles. The molecule has 1 aliphatic heterocycles. The van der Waals surface area contributed by atoms with E-state index in [4.69, 9.17) is 9.47 Å². The topological polar surface area (TPSA) is 47.6 Å². The SMILES string of the molecule is CC(=O)NC1COC(C)(C)OC1. The molecule has 1 aliphatic rings. The van der Waals surface area contributed by atoms with E-state index in [9.17, 15) is 4.79 Å². The van der Waals surface area contributed by atoms with Gasteiger partial charge in [0.15, 0.2) is 5.79 Å². The summed E-state index contributed by atoms with van der Waals surface area (Å²) in [6, 6.07) is -0.00414. The first-order valence-electron chi connectivity index (χ1n) is 4.04. The van der Waals surface area contributed by atoms with Crippen LogP contribution in [0.25, 0.3) is 0 Å². The van der Waals surface area contributed by atoms with E-state index in [0.717, 1.165) is 0 Å². The Kier molecular flexibility index (Phi) is 2.69. The smallest absolute Gasteiger partial charge is 0.217 e. The number of rotatable bonds is 1. The Balaban J connectivity index is 2.31. The summed E-state index contributed by atoms with van der Waals surface area (Å²) < 4.78 is 10.7. The molecule has 0 unspecified atom stereocenters. The maximum Gasteiger partial charge on any atom is 0.217 e. The summed E-state index contributed by atoms with van der Waals surface area (Å²) in [5.74, 6) is -0.554. The quantitative estimate of drug-likeness (QED) is 0.619. The highest BCUT2D eigenvalue weighted by Crippen LogP contribution is 2.16. The second kappa shape index (κ2) is 3.41. The Bertz CT molecular complexity index is 169. The molecule has 0 saturated carbocycles. The molecule has 1 fully saturated rings. The van der Waals surface area contributed by atoms with Crippen LogP contribution in [-0.2, 0) is 14.3 Å². The number of ether oxygens (including phenoxy) is 2. The Hall–Kier alpha value is -0.610. The molecule has 0 spiro atoms. The van der Waals surface area contributed by atoms with Gasteiger partial charge in [-0.25, -0.2) is 0 Å². The summed E-state index contributed by atoms with van der Waals surface area (Å²) >= 11 is 0. The van der Waals surface area contributed by atoms with E-state index in [1.807, 2.05) is 13.8 Å². The van der Waals surface area contributed by atoms with Crippen LogP contribution in [0.1, 0.15) is 20.8 Å². The first-order chi connectivity index (χ1) is 5.49. The van der Waals surface area contributed by atoms with E-state index in [0.29, 0.717) is 13.2 Å². The first-order valence-corrected chi connectivity index (χ1v) is 4.04. The predicted molar refractivity (Wildman–Crippen MR) is 43.6 cm³/mol. The third-order valence-corrected chi connectivity index (χ3v) is 1.67. The number of hydrogen-bond donors (Lipinski definition) is 1. The van der Waals surface area contributed by atoms with Gasteiger partial charge >= 0.3 is 0 Å². The molecular formula is C8H15NO3. The van der Waals surface area contributed by atoms with Crippen LogP contribution in [0.3, 0.4) is 0 Å². The summed E-state index contributed by atoms with van der Waals surface area (Å²) in [4.78, 5) is 10.7. The van der Waals surface area contributed by atoms with Crippen molar-refractivity contribution >= 4 is 5.91 Å². The maximum atomic E-state index is 10.7. The Morgan fingerprint density at radius 3 is 2.33 bits per heavy atom. The molecule has 70 valence electrons. The van der Waals surface area contributed by atoms with Crippen molar-refractivity contribution in [3.8, 4) is 0 Å². The summed E-state index contributed by atoms with van der Waals surface area (Å²) in [5.41, 5.74) is 0. The van der Waals surface area contributed by atoms with Crippen LogP contribution in [0.4, 0.5) is 0 Å². The molecule has 1 saturated heterocycles. The molecule has 0 atom stereocenters. The first kappa shape index (κ1) is 9.48. The molecule has 1 N–H and O–H groups in total. The van der Waals surface area contributed by atoms with Gasteiger partial charge in [0.1, 0.15) is 0 Å². The zero-order valence-corrected chi connectivity index (χ0v) is 7.72. The van der Waals surface area contributed by atoms with E-state index in [1.165, 1.54) is 6.92 Å². The highest BCUT2D eigenvalue weighted by molar-refractivity contribution is 5.73. The third kappa shape index (κ3) is 2.79. The Labute approximate surface area is 72.2 Å². The second-order valence-corrected chi connectivity index (χ2v) is 3.42. The summed E-state index contributed by atoms with van der Waals surface area (Å²) in [7, 11) is 0. The summed E-state index contributed by atoms with van der Waals surface area (Å²) in [6.45, 7) is 6.24. The van der Waals surface area contributed by atoms with Crippen molar-refractivity contribution in [1.82, 2.24) is 5.32 Å². The molecule has 0 radical (unpaired) electrons. The minimum atomic E-state index is -0.505. The fourth-order valence-corrected chi connectivity index (χ4v) is 1.06. The van der Waals surface area contributed by atoms with Gasteiger partial charge in [0.05, 0.1) is 19.3 Å². The number of carbonyl (C=O) groups excluding carboxylic acids is 1. The molecule has 0 bridgehead atoms. The van der Waals surface area contributed by atoms with Crippen LogP contribution in [0.15, 0.2) is 0 Å². The van der Waals surface area contributed by atoms with E-state index >= 15 is 0 Å². The second-order valence-electron chi connectivity index (χ2n) is 3.42. The monoisotopic (exact) mass is 173 g/mol. The maximum absolute atomic E-state index is 10.7. The highest BCUT2D eigenvalue weighted by atomic mass is 16.7. The van der Waals surface area contributed by atoms with Crippen molar-refractivity contribution in [3.05, 3.63) is 0 Å². The zero-order chi connectivity index (χ0) is 9.19. The molecule has 4 nitrogen and oxygen atoms in total. The van der Waals surface area contributed by atoms with Crippen LogP contribution in [0, 0.1) is 0 Å². The van der Waals surface area contributed by atoms with Gasteiger partial charge in [0.2, 0.25) is 5.91 Å². The van der Waals surface area contributed by atoms with Crippen molar-refractivity contribution in [2.75, 3.05) is 13.2 Å². The number of nitrogens with one attached hydrogen (secondary N) is 1. The molecule has 1 rings (SSSR count). The van der Waals surface area contributed by atoms with Crippen LogP contribution in [0.5, 0.6) is 0 Å². The predicted octanol–water partition coefficient (Wildman–Crippen LogP) is 0.274. The van der Waals surface area contributed by atoms with Crippen molar-refractivity contribution in [3.63, 3.8) is 0 Å². The van der Waals surface area contributed by atoms with Gasteiger partial charge in [-0.3, -0.25) is 4.79 Å². The summed E-state index contributed by atoms with van der Waals surface area (Å²) in [6.07, 6.45) is 0. The van der Waals surface area contributed by atoms with Crippen LogP contribution < -0.4 is 5.32 Å². The third-order valence-electron chi connectivity index (χ3n) is 1.67. The number of hydrogen-bond acceptors (Lipinski definition) is 3. The van der Waals surface area contributed by atoms with Gasteiger partial charge in [-0.05, 0) is 13.8 Å². The molecule has 0 aromatic carbocycles. The highest BCUT2D eigenvalue weighted by Gasteiger charge is 2.28. The lowest BCUT2D eigenvalue weighted by atomic mass is 10.2. The molecule has 1 heterocycles. The average Bonchev–Trinajstić information content (AvgIpc) is 1.93. The number of carbonyl (C=O) groups is 1. The van der Waals surface area contributed by atoms with E-state index in [-0.39, 0.29) is 11.9 Å². The minimum absolute atomic E-state index is 0.00414. The van der Waals surface area contributed by atoms with Gasteiger partial charge in [0, 0.05) is 6.92 Å². The normalized spacial score (nSPS) is 23.6. The van der Waals surface area contributed by atoms with Crippen molar-refractivity contribution in [1.29, 1.82) is 0 Å².